The van der Waals surface area contributed by atoms with E-state index in [0.717, 1.165) is 16.9 Å². The molecule has 0 bridgehead atoms. The Bertz CT molecular complexity index is 1340. The first-order chi connectivity index (χ1) is 17.8. The van der Waals surface area contributed by atoms with Crippen LogP contribution in [0.1, 0.15) is 31.9 Å². The van der Waals surface area contributed by atoms with Crippen LogP contribution in [0.4, 0.5) is 5.69 Å². The van der Waals surface area contributed by atoms with Gasteiger partial charge in [-0.25, -0.2) is 0 Å². The fourth-order valence-electron chi connectivity index (χ4n) is 4.56. The maximum absolute atomic E-state index is 11.0. The van der Waals surface area contributed by atoms with E-state index in [1.54, 1.807) is 12.1 Å². The van der Waals surface area contributed by atoms with Crippen LogP contribution in [0.3, 0.4) is 0 Å². The van der Waals surface area contributed by atoms with E-state index in [-0.39, 0.29) is 10.7 Å². The molecule has 0 atom stereocenters. The lowest BCUT2D eigenvalue weighted by molar-refractivity contribution is -0.384. The Balaban J connectivity index is 1.84. The second kappa shape index (κ2) is 11.2. The Morgan fingerprint density at radius 3 is 1.70 bits per heavy atom. The van der Waals surface area contributed by atoms with Crippen molar-refractivity contribution in [2.24, 2.45) is 0 Å². The second-order valence-corrected chi connectivity index (χ2v) is 14.1. The third kappa shape index (κ3) is 5.79. The summed E-state index contributed by atoms with van der Waals surface area (Å²) < 4.78 is 7.31. The molecule has 0 N–H and O–H groups in total. The molecule has 0 saturated heterocycles. The van der Waals surface area contributed by atoms with Gasteiger partial charge in [-0.2, -0.15) is 0 Å². The number of nitro benzene ring substituents is 1. The van der Waals surface area contributed by atoms with Crippen molar-refractivity contribution in [2.75, 3.05) is 0 Å². The van der Waals surface area contributed by atoms with Crippen molar-refractivity contribution >= 4 is 36.2 Å². The van der Waals surface area contributed by atoms with Gasteiger partial charge in [0.1, 0.15) is 5.76 Å². The average molecular weight is 506 g/mol. The zero-order valence-corrected chi connectivity index (χ0v) is 22.4. The van der Waals surface area contributed by atoms with Gasteiger partial charge in [0.05, 0.1) is 4.92 Å². The summed E-state index contributed by atoms with van der Waals surface area (Å²) in [7, 11) is -2.82. The lowest BCUT2D eigenvalue weighted by atomic mass is 10.1. The molecule has 37 heavy (non-hydrogen) atoms. The molecule has 0 aliphatic rings. The van der Waals surface area contributed by atoms with Crippen LogP contribution >= 0.6 is 0 Å². The molecule has 0 heterocycles. The number of benzene rings is 4. The minimum absolute atomic E-state index is 0.0766. The Hall–Kier alpha value is -4.22. The molecule has 0 aliphatic carbocycles. The highest BCUT2D eigenvalue weighted by Gasteiger charge is 2.52. The predicted octanol–water partition coefficient (Wildman–Crippen LogP) is 7.23. The van der Waals surface area contributed by atoms with Crippen molar-refractivity contribution in [2.45, 2.75) is 25.8 Å². The SMILES string of the molecule is CC(C)(C)[Si](O/C(=C\C=C\c1ccc([N+](=O)[O-])cc1)c1ccccc1)(c1ccccc1)c1ccccc1. The van der Waals surface area contributed by atoms with Gasteiger partial charge in [-0.05, 0) is 39.2 Å². The van der Waals surface area contributed by atoms with Gasteiger partial charge in [-0.15, -0.1) is 0 Å². The molecule has 0 spiro atoms. The number of hydrogen-bond donors (Lipinski definition) is 0. The maximum atomic E-state index is 11.0. The molecule has 0 aliphatic heterocycles. The minimum atomic E-state index is -2.82. The number of rotatable bonds is 8. The van der Waals surface area contributed by atoms with Crippen LogP contribution in [0.2, 0.25) is 5.04 Å². The number of nitro groups is 1. The zero-order chi connectivity index (χ0) is 26.3. The van der Waals surface area contributed by atoms with E-state index in [4.69, 9.17) is 4.43 Å². The van der Waals surface area contributed by atoms with Gasteiger partial charge in [-0.1, -0.05) is 124 Å². The predicted molar refractivity (Wildman–Crippen MR) is 155 cm³/mol. The summed E-state index contributed by atoms with van der Waals surface area (Å²) in [6.45, 7) is 6.78. The molecule has 186 valence electrons. The first-order valence-electron chi connectivity index (χ1n) is 12.3. The summed E-state index contributed by atoms with van der Waals surface area (Å²) >= 11 is 0. The van der Waals surface area contributed by atoms with Crippen molar-refractivity contribution in [1.29, 1.82) is 0 Å². The highest BCUT2D eigenvalue weighted by Crippen LogP contribution is 2.39. The van der Waals surface area contributed by atoms with E-state index in [2.05, 4.69) is 81.4 Å². The largest absolute Gasteiger partial charge is 0.534 e. The van der Waals surface area contributed by atoms with E-state index < -0.39 is 13.2 Å². The van der Waals surface area contributed by atoms with Crippen LogP contribution in [0.5, 0.6) is 0 Å². The van der Waals surface area contributed by atoms with Crippen molar-refractivity contribution in [1.82, 2.24) is 0 Å². The average Bonchev–Trinajstić information content (AvgIpc) is 2.92. The van der Waals surface area contributed by atoms with Crippen molar-refractivity contribution in [3.05, 3.63) is 149 Å². The van der Waals surface area contributed by atoms with Crippen LogP contribution < -0.4 is 10.4 Å². The van der Waals surface area contributed by atoms with Gasteiger partial charge < -0.3 is 4.43 Å². The molecular formula is C32H31NO3Si. The summed E-state index contributed by atoms with van der Waals surface area (Å²) in [5, 5.41) is 13.2. The molecule has 4 rings (SSSR count). The monoisotopic (exact) mass is 505 g/mol. The highest BCUT2D eigenvalue weighted by atomic mass is 28.4. The van der Waals surface area contributed by atoms with Crippen molar-refractivity contribution in [3.8, 4) is 0 Å². The van der Waals surface area contributed by atoms with Crippen LogP contribution in [0.15, 0.2) is 127 Å². The highest BCUT2D eigenvalue weighted by molar-refractivity contribution is 7.00. The minimum Gasteiger partial charge on any atom is -0.534 e. The van der Waals surface area contributed by atoms with Gasteiger partial charge in [0, 0.05) is 17.7 Å². The lowest BCUT2D eigenvalue weighted by Crippen LogP contribution is -2.66. The summed E-state index contributed by atoms with van der Waals surface area (Å²) in [6, 6.07) is 37.8. The number of nitrogens with zero attached hydrogens (tertiary/aromatic N) is 1. The third-order valence-electron chi connectivity index (χ3n) is 6.38. The Kier molecular flexibility index (Phi) is 7.85. The molecule has 0 amide bonds. The standard InChI is InChI=1S/C32H31NO3Si/c1-32(2,3)37(29-17-9-5-10-18-29,30-19-11-6-12-20-30)36-31(27-15-7-4-8-16-27)21-13-14-26-22-24-28(25-23-26)33(34)35/h4-25H,1-3H3/b14-13+,31-21-. The molecule has 0 unspecified atom stereocenters. The van der Waals surface area contributed by atoms with Crippen LogP contribution in [0, 0.1) is 10.1 Å². The number of non-ortho nitro benzene ring substituents is 1. The molecule has 4 aromatic rings. The normalized spacial score (nSPS) is 12.5. The topological polar surface area (TPSA) is 52.4 Å². The van der Waals surface area contributed by atoms with E-state index in [0.29, 0.717) is 0 Å². The molecule has 4 nitrogen and oxygen atoms in total. The van der Waals surface area contributed by atoms with Crippen LogP contribution in [-0.4, -0.2) is 13.2 Å². The van der Waals surface area contributed by atoms with E-state index in [1.165, 1.54) is 22.5 Å². The Morgan fingerprint density at radius 2 is 1.24 bits per heavy atom. The van der Waals surface area contributed by atoms with Gasteiger partial charge in [-0.3, -0.25) is 10.1 Å². The smallest absolute Gasteiger partial charge is 0.319 e. The van der Waals surface area contributed by atoms with E-state index in [1.807, 2.05) is 48.6 Å². The number of allylic oxidation sites excluding steroid dienone is 2. The molecule has 0 fully saturated rings. The lowest BCUT2D eigenvalue weighted by Gasteiger charge is -2.43. The molecule has 0 aromatic heterocycles. The van der Waals surface area contributed by atoms with Crippen LogP contribution in [-0.2, 0) is 4.43 Å². The Morgan fingerprint density at radius 1 is 0.757 bits per heavy atom. The van der Waals surface area contributed by atoms with Gasteiger partial charge in [0.2, 0.25) is 0 Å². The van der Waals surface area contributed by atoms with Gasteiger partial charge in [0.25, 0.3) is 5.69 Å². The molecule has 4 aromatic carbocycles. The fourth-order valence-corrected chi connectivity index (χ4v) is 9.01. The summed E-state index contributed by atoms with van der Waals surface area (Å²) in [5.41, 5.74) is 1.94. The van der Waals surface area contributed by atoms with Crippen molar-refractivity contribution < 1.29 is 9.35 Å². The van der Waals surface area contributed by atoms with Gasteiger partial charge in [0.15, 0.2) is 0 Å². The van der Waals surface area contributed by atoms with Crippen molar-refractivity contribution in [3.63, 3.8) is 0 Å². The maximum Gasteiger partial charge on any atom is 0.319 e. The molecule has 5 heteroatoms. The third-order valence-corrected chi connectivity index (χ3v) is 11.3. The molecular weight excluding hydrogens is 474 g/mol. The summed E-state index contributed by atoms with van der Waals surface area (Å²) in [5.74, 6) is 0.785. The second-order valence-electron chi connectivity index (χ2n) is 9.87. The fraction of sp³-hybridized carbons (Fsp3) is 0.125. The first-order valence-corrected chi connectivity index (χ1v) is 14.2. The first kappa shape index (κ1) is 25.9. The van der Waals surface area contributed by atoms with E-state index >= 15 is 0 Å². The quantitative estimate of drug-likeness (QED) is 0.0835. The molecule has 0 saturated carbocycles. The zero-order valence-electron chi connectivity index (χ0n) is 21.4. The van der Waals surface area contributed by atoms with Crippen LogP contribution in [0.25, 0.3) is 11.8 Å². The number of hydrogen-bond acceptors (Lipinski definition) is 3. The molecule has 0 radical (unpaired) electrons. The van der Waals surface area contributed by atoms with Gasteiger partial charge >= 0.3 is 8.32 Å². The Labute approximate surface area is 219 Å². The van der Waals surface area contributed by atoms with E-state index in [9.17, 15) is 10.1 Å². The summed E-state index contributed by atoms with van der Waals surface area (Å²) in [6.07, 6.45) is 5.87. The summed E-state index contributed by atoms with van der Waals surface area (Å²) in [4.78, 5) is 10.6.